The SMILES string of the molecule is O=C(O)c1cc(OCc2c(F)cccc2Cl)cc([N+](=O)[O-])c1O. The van der Waals surface area contributed by atoms with Gasteiger partial charge in [-0.2, -0.15) is 0 Å². The number of rotatable bonds is 5. The molecule has 2 N–H and O–H groups in total. The van der Waals surface area contributed by atoms with E-state index >= 15 is 0 Å². The molecule has 0 aliphatic carbocycles. The van der Waals surface area contributed by atoms with Gasteiger partial charge < -0.3 is 14.9 Å². The van der Waals surface area contributed by atoms with Crippen LogP contribution in [0.1, 0.15) is 15.9 Å². The molecule has 0 aliphatic rings. The molecule has 0 fully saturated rings. The number of hydrogen-bond acceptors (Lipinski definition) is 5. The molecule has 0 bridgehead atoms. The molecule has 2 aromatic carbocycles. The van der Waals surface area contributed by atoms with Gasteiger partial charge in [-0.3, -0.25) is 10.1 Å². The lowest BCUT2D eigenvalue weighted by atomic mass is 10.1. The number of hydrogen-bond donors (Lipinski definition) is 2. The van der Waals surface area contributed by atoms with E-state index in [0.29, 0.717) is 0 Å². The van der Waals surface area contributed by atoms with Gasteiger partial charge >= 0.3 is 11.7 Å². The molecule has 0 unspecified atom stereocenters. The Morgan fingerprint density at radius 3 is 2.65 bits per heavy atom. The molecule has 0 heterocycles. The average Bonchev–Trinajstić information content (AvgIpc) is 2.47. The first-order chi connectivity index (χ1) is 10.8. The molecular weight excluding hydrogens is 333 g/mol. The number of phenols is 1. The summed E-state index contributed by atoms with van der Waals surface area (Å²) in [6, 6.07) is 5.74. The van der Waals surface area contributed by atoms with Gasteiger partial charge in [-0.25, -0.2) is 9.18 Å². The van der Waals surface area contributed by atoms with E-state index in [1.807, 2.05) is 0 Å². The monoisotopic (exact) mass is 341 g/mol. The lowest BCUT2D eigenvalue weighted by Crippen LogP contribution is -2.04. The number of nitro benzene ring substituents is 1. The Morgan fingerprint density at radius 1 is 1.39 bits per heavy atom. The highest BCUT2D eigenvalue weighted by molar-refractivity contribution is 6.31. The van der Waals surface area contributed by atoms with Gasteiger partial charge in [0.15, 0.2) is 0 Å². The standard InChI is InChI=1S/C14H9ClFNO6/c15-10-2-1-3-11(16)9(10)6-23-7-4-8(14(19)20)13(18)12(5-7)17(21)22/h1-5,18H,6H2,(H,19,20). The summed E-state index contributed by atoms with van der Waals surface area (Å²) >= 11 is 5.82. The molecule has 23 heavy (non-hydrogen) atoms. The highest BCUT2D eigenvalue weighted by Crippen LogP contribution is 2.35. The molecule has 0 spiro atoms. The van der Waals surface area contributed by atoms with E-state index in [1.165, 1.54) is 12.1 Å². The van der Waals surface area contributed by atoms with Crippen molar-refractivity contribution in [1.82, 2.24) is 0 Å². The second-order valence-electron chi connectivity index (χ2n) is 4.39. The predicted octanol–water partition coefficient (Wildman–Crippen LogP) is 3.37. The lowest BCUT2D eigenvalue weighted by molar-refractivity contribution is -0.386. The first-order valence-electron chi connectivity index (χ1n) is 6.11. The third-order valence-electron chi connectivity index (χ3n) is 2.94. The third-order valence-corrected chi connectivity index (χ3v) is 3.29. The zero-order chi connectivity index (χ0) is 17.1. The van der Waals surface area contributed by atoms with Crippen molar-refractivity contribution in [2.24, 2.45) is 0 Å². The number of ether oxygens (including phenoxy) is 1. The van der Waals surface area contributed by atoms with E-state index < -0.39 is 33.7 Å². The summed E-state index contributed by atoms with van der Waals surface area (Å²) < 4.78 is 18.8. The summed E-state index contributed by atoms with van der Waals surface area (Å²) in [6.45, 7) is -0.369. The molecule has 0 amide bonds. The normalized spacial score (nSPS) is 10.3. The summed E-state index contributed by atoms with van der Waals surface area (Å²) in [5.74, 6) is -3.41. The molecule has 9 heteroatoms. The molecule has 2 aromatic rings. The van der Waals surface area contributed by atoms with Crippen LogP contribution in [-0.2, 0) is 6.61 Å². The Hall–Kier alpha value is -2.87. The smallest absolute Gasteiger partial charge is 0.339 e. The number of halogens is 2. The number of carboxylic acid groups (broad SMARTS) is 1. The van der Waals surface area contributed by atoms with Gasteiger partial charge in [0.05, 0.1) is 16.0 Å². The van der Waals surface area contributed by atoms with Gasteiger partial charge in [0.1, 0.15) is 23.7 Å². The van der Waals surface area contributed by atoms with Crippen LogP contribution in [0.2, 0.25) is 5.02 Å². The molecule has 0 radical (unpaired) electrons. The molecule has 7 nitrogen and oxygen atoms in total. The van der Waals surface area contributed by atoms with Gasteiger partial charge in [-0.15, -0.1) is 0 Å². The quantitative estimate of drug-likeness (QED) is 0.637. The van der Waals surface area contributed by atoms with Crippen LogP contribution in [0.5, 0.6) is 11.5 Å². The molecule has 0 saturated heterocycles. The van der Waals surface area contributed by atoms with Crippen molar-refractivity contribution in [1.29, 1.82) is 0 Å². The zero-order valence-corrected chi connectivity index (χ0v) is 12.1. The summed E-state index contributed by atoms with van der Waals surface area (Å²) in [4.78, 5) is 20.9. The second-order valence-corrected chi connectivity index (χ2v) is 4.80. The van der Waals surface area contributed by atoms with Gasteiger partial charge in [0.25, 0.3) is 0 Å². The van der Waals surface area contributed by atoms with Crippen LogP contribution in [0.4, 0.5) is 10.1 Å². The molecule has 120 valence electrons. The minimum Gasteiger partial charge on any atom is -0.501 e. The van der Waals surface area contributed by atoms with Crippen LogP contribution in [0.3, 0.4) is 0 Å². The molecule has 0 aliphatic heterocycles. The van der Waals surface area contributed by atoms with Crippen LogP contribution in [0.15, 0.2) is 30.3 Å². The second kappa shape index (κ2) is 6.49. The molecule has 0 atom stereocenters. The van der Waals surface area contributed by atoms with E-state index in [2.05, 4.69) is 0 Å². The number of nitro groups is 1. The van der Waals surface area contributed by atoms with E-state index in [0.717, 1.165) is 18.2 Å². The van der Waals surface area contributed by atoms with E-state index in [4.69, 9.17) is 21.4 Å². The molecular formula is C14H9ClFNO6. The van der Waals surface area contributed by atoms with Crippen LogP contribution in [0, 0.1) is 15.9 Å². The van der Waals surface area contributed by atoms with Crippen molar-refractivity contribution in [3.8, 4) is 11.5 Å². The lowest BCUT2D eigenvalue weighted by Gasteiger charge is -2.10. The molecule has 0 aromatic heterocycles. The van der Waals surface area contributed by atoms with Crippen LogP contribution in [-0.4, -0.2) is 21.1 Å². The maximum atomic E-state index is 13.6. The van der Waals surface area contributed by atoms with Crippen molar-refractivity contribution < 1.29 is 29.1 Å². The van der Waals surface area contributed by atoms with Crippen LogP contribution < -0.4 is 4.74 Å². The van der Waals surface area contributed by atoms with Crippen molar-refractivity contribution >= 4 is 23.3 Å². The summed E-state index contributed by atoms with van der Waals surface area (Å²) in [5, 5.41) is 29.5. The minimum absolute atomic E-state index is 0.0155. The number of carboxylic acids is 1. The Kier molecular flexibility index (Phi) is 4.65. The van der Waals surface area contributed by atoms with E-state index in [1.54, 1.807) is 0 Å². The number of nitrogens with zero attached hydrogens (tertiary/aromatic N) is 1. The molecule has 0 saturated carbocycles. The Morgan fingerprint density at radius 2 is 2.09 bits per heavy atom. The van der Waals surface area contributed by atoms with Crippen molar-refractivity contribution in [3.63, 3.8) is 0 Å². The number of aromatic hydroxyl groups is 1. The predicted molar refractivity (Wildman–Crippen MR) is 77.5 cm³/mol. The van der Waals surface area contributed by atoms with Gasteiger partial charge in [0.2, 0.25) is 5.75 Å². The van der Waals surface area contributed by atoms with Crippen LogP contribution >= 0.6 is 11.6 Å². The van der Waals surface area contributed by atoms with Crippen molar-refractivity contribution in [2.45, 2.75) is 6.61 Å². The van der Waals surface area contributed by atoms with Gasteiger partial charge in [-0.1, -0.05) is 17.7 Å². The van der Waals surface area contributed by atoms with Crippen molar-refractivity contribution in [2.75, 3.05) is 0 Å². The topological polar surface area (TPSA) is 110 Å². The summed E-state index contributed by atoms with van der Waals surface area (Å²) in [6.07, 6.45) is 0. The number of aromatic carboxylic acids is 1. The first kappa shape index (κ1) is 16.5. The minimum atomic E-state index is -1.57. The fourth-order valence-corrected chi connectivity index (χ4v) is 2.02. The highest BCUT2D eigenvalue weighted by Gasteiger charge is 2.23. The Bertz CT molecular complexity index is 740. The van der Waals surface area contributed by atoms with Gasteiger partial charge in [0, 0.05) is 5.56 Å². The zero-order valence-electron chi connectivity index (χ0n) is 11.3. The fourth-order valence-electron chi connectivity index (χ4n) is 1.80. The van der Waals surface area contributed by atoms with E-state index in [-0.39, 0.29) is 22.9 Å². The van der Waals surface area contributed by atoms with Crippen molar-refractivity contribution in [3.05, 3.63) is 62.4 Å². The Labute approximate surface area is 133 Å². The Balaban J connectivity index is 2.37. The summed E-state index contributed by atoms with van der Waals surface area (Å²) in [5.41, 5.74) is -1.52. The fraction of sp³-hybridized carbons (Fsp3) is 0.0714. The third kappa shape index (κ3) is 3.49. The largest absolute Gasteiger partial charge is 0.501 e. The maximum Gasteiger partial charge on any atom is 0.339 e. The average molecular weight is 342 g/mol. The van der Waals surface area contributed by atoms with E-state index in [9.17, 15) is 24.4 Å². The molecule has 2 rings (SSSR count). The summed E-state index contributed by atoms with van der Waals surface area (Å²) in [7, 11) is 0. The maximum absolute atomic E-state index is 13.6. The first-order valence-corrected chi connectivity index (χ1v) is 6.49. The number of carbonyl (C=O) groups is 1. The number of benzene rings is 2. The highest BCUT2D eigenvalue weighted by atomic mass is 35.5. The van der Waals surface area contributed by atoms with Gasteiger partial charge in [-0.05, 0) is 18.2 Å². The van der Waals surface area contributed by atoms with Crippen LogP contribution in [0.25, 0.3) is 0 Å².